The highest BCUT2D eigenvalue weighted by atomic mass is 19.1. The monoisotopic (exact) mass is 799 g/mol. The Balaban J connectivity index is 1.03. The number of benzene rings is 9. The Bertz CT molecular complexity index is 3390. The van der Waals surface area contributed by atoms with E-state index >= 15 is 0 Å². The molecule has 0 bridgehead atoms. The third-order valence-electron chi connectivity index (χ3n) is 13.2. The summed E-state index contributed by atoms with van der Waals surface area (Å²) in [5.41, 5.74) is 18.7. The number of nitrogens with zero attached hydrogens (tertiary/aromatic N) is 3. The molecule has 3 nitrogen and oxygen atoms in total. The molecule has 0 amide bonds. The lowest BCUT2D eigenvalue weighted by molar-refractivity contribution is 0.627. The van der Waals surface area contributed by atoms with Crippen molar-refractivity contribution in [1.82, 2.24) is 9.13 Å². The molecule has 0 radical (unpaired) electrons. The first-order valence-electron chi connectivity index (χ1n) is 21.4. The number of fused-ring (bicyclic) bond motifs is 9. The maximum atomic E-state index is 14.1. The predicted octanol–water partition coefficient (Wildman–Crippen LogP) is 15.8. The van der Waals surface area contributed by atoms with E-state index in [1.165, 1.54) is 67.4 Å². The molecule has 0 saturated carbocycles. The van der Waals surface area contributed by atoms with E-state index in [0.717, 1.165) is 55.8 Å². The first-order valence-corrected chi connectivity index (χ1v) is 21.4. The van der Waals surface area contributed by atoms with Gasteiger partial charge in [-0.05, 0) is 143 Å². The third kappa shape index (κ3) is 5.50. The summed E-state index contributed by atoms with van der Waals surface area (Å²) in [4.78, 5) is 2.38. The molecule has 11 aromatic rings. The third-order valence-corrected chi connectivity index (χ3v) is 13.2. The normalized spacial score (nSPS) is 13.0. The van der Waals surface area contributed by atoms with Crippen molar-refractivity contribution >= 4 is 60.7 Å². The van der Waals surface area contributed by atoms with Crippen LogP contribution in [0.1, 0.15) is 30.5 Å². The van der Waals surface area contributed by atoms with Gasteiger partial charge in [-0.1, -0.05) is 116 Å². The second-order valence-corrected chi connectivity index (χ2v) is 17.2. The van der Waals surface area contributed by atoms with Crippen LogP contribution >= 0.6 is 0 Å². The Kier molecular flexibility index (Phi) is 7.98. The van der Waals surface area contributed by atoms with Gasteiger partial charge in [-0.3, -0.25) is 0 Å². The van der Waals surface area contributed by atoms with Crippen LogP contribution in [0.4, 0.5) is 21.5 Å². The minimum Gasteiger partial charge on any atom is -0.310 e. The van der Waals surface area contributed by atoms with Crippen LogP contribution in [0, 0.1) is 12.7 Å². The zero-order chi connectivity index (χ0) is 41.7. The van der Waals surface area contributed by atoms with Crippen LogP contribution in [0.5, 0.6) is 0 Å². The summed E-state index contributed by atoms with van der Waals surface area (Å²) in [7, 11) is 0. The zero-order valence-corrected chi connectivity index (χ0v) is 34.8. The molecule has 9 aromatic carbocycles. The molecule has 0 atom stereocenters. The number of aromatic nitrogens is 2. The number of halogens is 1. The Morgan fingerprint density at radius 1 is 0.403 bits per heavy atom. The highest BCUT2D eigenvalue weighted by Crippen LogP contribution is 2.50. The Morgan fingerprint density at radius 2 is 0.887 bits per heavy atom. The topological polar surface area (TPSA) is 13.1 Å². The van der Waals surface area contributed by atoms with E-state index in [4.69, 9.17) is 0 Å². The molecule has 1 aliphatic rings. The van der Waals surface area contributed by atoms with Crippen LogP contribution in [-0.2, 0) is 5.41 Å². The van der Waals surface area contributed by atoms with E-state index in [1.54, 1.807) is 0 Å². The van der Waals surface area contributed by atoms with Crippen molar-refractivity contribution < 1.29 is 4.39 Å². The smallest absolute Gasteiger partial charge is 0.123 e. The number of para-hydroxylation sites is 2. The van der Waals surface area contributed by atoms with Crippen LogP contribution < -0.4 is 4.90 Å². The van der Waals surface area contributed by atoms with Crippen molar-refractivity contribution in [3.05, 3.63) is 223 Å². The Hall–Kier alpha value is -7.69. The van der Waals surface area contributed by atoms with Gasteiger partial charge in [0.25, 0.3) is 0 Å². The maximum Gasteiger partial charge on any atom is 0.123 e. The van der Waals surface area contributed by atoms with Crippen molar-refractivity contribution in [3.63, 3.8) is 0 Å². The lowest BCUT2D eigenvalue weighted by Crippen LogP contribution is -2.14. The van der Waals surface area contributed by atoms with Crippen molar-refractivity contribution in [2.45, 2.75) is 26.2 Å². The van der Waals surface area contributed by atoms with Gasteiger partial charge in [0, 0.05) is 55.4 Å². The summed E-state index contributed by atoms with van der Waals surface area (Å²) < 4.78 is 18.8. The van der Waals surface area contributed by atoms with Crippen LogP contribution in [0.3, 0.4) is 0 Å². The fraction of sp³-hybridized carbons (Fsp3) is 0.0690. The molecule has 2 aromatic heterocycles. The quantitative estimate of drug-likeness (QED) is 0.163. The van der Waals surface area contributed by atoms with Gasteiger partial charge in [0.05, 0.1) is 22.1 Å². The van der Waals surface area contributed by atoms with E-state index in [9.17, 15) is 4.39 Å². The molecule has 0 spiro atoms. The summed E-state index contributed by atoms with van der Waals surface area (Å²) in [5, 5.41) is 4.67. The van der Waals surface area contributed by atoms with Crippen LogP contribution in [0.2, 0.25) is 0 Å². The van der Waals surface area contributed by atoms with E-state index in [-0.39, 0.29) is 11.2 Å². The lowest BCUT2D eigenvalue weighted by Gasteiger charge is -2.26. The lowest BCUT2D eigenvalue weighted by atomic mass is 9.81. The van der Waals surface area contributed by atoms with E-state index in [2.05, 4.69) is 211 Å². The van der Waals surface area contributed by atoms with Gasteiger partial charge in [0.2, 0.25) is 0 Å². The van der Waals surface area contributed by atoms with Gasteiger partial charge in [0.1, 0.15) is 5.82 Å². The van der Waals surface area contributed by atoms with E-state index < -0.39 is 0 Å². The second kappa shape index (κ2) is 13.7. The summed E-state index contributed by atoms with van der Waals surface area (Å²) >= 11 is 0. The minimum atomic E-state index is -0.247. The molecule has 2 heterocycles. The Morgan fingerprint density at radius 3 is 1.50 bits per heavy atom. The summed E-state index contributed by atoms with van der Waals surface area (Å²) in [5.74, 6) is -0.247. The molecule has 0 unspecified atom stereocenters. The van der Waals surface area contributed by atoms with Gasteiger partial charge in [-0.15, -0.1) is 0 Å². The van der Waals surface area contributed by atoms with Crippen molar-refractivity contribution in [3.8, 4) is 33.6 Å². The van der Waals surface area contributed by atoms with Gasteiger partial charge < -0.3 is 14.0 Å². The van der Waals surface area contributed by atoms with Crippen LogP contribution in [0.25, 0.3) is 77.2 Å². The van der Waals surface area contributed by atoms with Crippen molar-refractivity contribution in [1.29, 1.82) is 0 Å². The van der Waals surface area contributed by atoms with Crippen molar-refractivity contribution in [2.75, 3.05) is 4.90 Å². The molecular weight excluding hydrogens is 758 g/mol. The van der Waals surface area contributed by atoms with Crippen molar-refractivity contribution in [2.24, 2.45) is 0 Å². The average molecular weight is 800 g/mol. The number of hydrogen-bond acceptors (Lipinski definition) is 1. The summed E-state index contributed by atoms with van der Waals surface area (Å²) in [6, 6.07) is 71.2. The number of aryl methyl sites for hydroxylation is 1. The van der Waals surface area contributed by atoms with Crippen LogP contribution in [0.15, 0.2) is 200 Å². The standard InChI is InChI=1S/C58H42FN3/c1-37-16-23-42(24-17-37)61-54-14-8-5-11-48(54)50-35-44(29-32-56(50)61)60(45-30-33-57-51(36-45)49-12-6-9-15-55(49)62(57)43-27-21-40(59)22-28-43)41-25-18-38(19-26-41)39-20-31-47-46-10-4-7-13-52(46)58(2,3)53(47)34-39/h4-36H,1-3H3. The molecule has 0 N–H and O–H groups in total. The number of rotatable bonds is 6. The zero-order valence-electron chi connectivity index (χ0n) is 34.8. The van der Waals surface area contributed by atoms with E-state index in [0.29, 0.717) is 0 Å². The highest BCUT2D eigenvalue weighted by Gasteiger charge is 2.35. The second-order valence-electron chi connectivity index (χ2n) is 17.2. The first-order chi connectivity index (χ1) is 30.3. The average Bonchev–Trinajstić information content (AvgIpc) is 3.90. The first kappa shape index (κ1) is 36.2. The minimum absolute atomic E-state index is 0.0711. The SMILES string of the molecule is Cc1ccc(-n2c3ccccc3c3cc(N(c4ccc(-c5ccc6c(c5)C(C)(C)c5ccccc5-6)cc4)c4ccc5c(c4)c4ccccc4n5-c4ccc(F)cc4)ccc32)cc1. The molecule has 296 valence electrons. The molecular formula is C58H42FN3. The van der Waals surface area contributed by atoms with E-state index in [1.807, 2.05) is 12.1 Å². The van der Waals surface area contributed by atoms with Gasteiger partial charge in [0.15, 0.2) is 0 Å². The summed E-state index contributed by atoms with van der Waals surface area (Å²) in [6.45, 7) is 6.81. The molecule has 4 heteroatoms. The van der Waals surface area contributed by atoms with Gasteiger partial charge in [-0.25, -0.2) is 4.39 Å². The molecule has 0 fully saturated rings. The van der Waals surface area contributed by atoms with Crippen LogP contribution in [-0.4, -0.2) is 9.13 Å². The fourth-order valence-corrected chi connectivity index (χ4v) is 10.2. The number of hydrogen-bond donors (Lipinski definition) is 0. The predicted molar refractivity (Wildman–Crippen MR) is 257 cm³/mol. The molecule has 1 aliphatic carbocycles. The summed E-state index contributed by atoms with van der Waals surface area (Å²) in [6.07, 6.45) is 0. The molecule has 0 saturated heterocycles. The fourth-order valence-electron chi connectivity index (χ4n) is 10.2. The molecule has 12 rings (SSSR count). The largest absolute Gasteiger partial charge is 0.310 e. The highest BCUT2D eigenvalue weighted by molar-refractivity contribution is 6.12. The maximum absolute atomic E-state index is 14.1. The number of anilines is 3. The van der Waals surface area contributed by atoms with Gasteiger partial charge in [-0.2, -0.15) is 0 Å². The Labute approximate surface area is 360 Å². The van der Waals surface area contributed by atoms with Gasteiger partial charge >= 0.3 is 0 Å². The molecule has 62 heavy (non-hydrogen) atoms. The molecule has 0 aliphatic heterocycles.